The van der Waals surface area contributed by atoms with Crippen molar-refractivity contribution in [2.45, 2.75) is 38.6 Å². The van der Waals surface area contributed by atoms with Crippen LogP contribution in [0.4, 0.5) is 5.69 Å². The predicted molar refractivity (Wildman–Crippen MR) is 79.5 cm³/mol. The van der Waals surface area contributed by atoms with E-state index in [1.165, 1.54) is 0 Å². The SMILES string of the molecule is CC/N=C(\NC)Nc1cnn([C@H]2CC[C@H](C#N)CC2)c1. The van der Waals surface area contributed by atoms with Crippen molar-refractivity contribution in [3.05, 3.63) is 12.4 Å². The summed E-state index contributed by atoms with van der Waals surface area (Å²) in [5, 5.41) is 19.6. The van der Waals surface area contributed by atoms with Crippen LogP contribution in [-0.4, -0.2) is 29.3 Å². The van der Waals surface area contributed by atoms with Gasteiger partial charge < -0.3 is 10.6 Å². The number of aromatic nitrogens is 2. The van der Waals surface area contributed by atoms with E-state index in [9.17, 15) is 0 Å². The Balaban J connectivity index is 1.96. The van der Waals surface area contributed by atoms with Crippen molar-refractivity contribution >= 4 is 11.6 Å². The summed E-state index contributed by atoms with van der Waals surface area (Å²) < 4.78 is 2.01. The van der Waals surface area contributed by atoms with Crippen LogP contribution < -0.4 is 10.6 Å². The predicted octanol–water partition coefficient (Wildman–Crippen LogP) is 2.15. The second-order valence-electron chi connectivity index (χ2n) is 5.04. The van der Waals surface area contributed by atoms with E-state index in [0.717, 1.165) is 43.9 Å². The van der Waals surface area contributed by atoms with Crippen molar-refractivity contribution in [2.75, 3.05) is 18.9 Å². The molecule has 0 spiro atoms. The molecule has 0 radical (unpaired) electrons. The summed E-state index contributed by atoms with van der Waals surface area (Å²) in [6.07, 6.45) is 7.84. The van der Waals surface area contributed by atoms with E-state index in [4.69, 9.17) is 5.26 Å². The minimum Gasteiger partial charge on any atom is -0.359 e. The van der Waals surface area contributed by atoms with Crippen molar-refractivity contribution in [1.82, 2.24) is 15.1 Å². The average Bonchev–Trinajstić information content (AvgIpc) is 2.95. The first-order valence-corrected chi connectivity index (χ1v) is 7.19. The molecule has 0 amide bonds. The smallest absolute Gasteiger partial charge is 0.195 e. The third-order valence-corrected chi connectivity index (χ3v) is 3.67. The highest BCUT2D eigenvalue weighted by Crippen LogP contribution is 2.31. The van der Waals surface area contributed by atoms with Crippen LogP contribution in [0, 0.1) is 17.2 Å². The van der Waals surface area contributed by atoms with Crippen LogP contribution in [0.15, 0.2) is 17.4 Å². The van der Waals surface area contributed by atoms with E-state index in [1.54, 1.807) is 0 Å². The zero-order chi connectivity index (χ0) is 14.4. The van der Waals surface area contributed by atoms with Gasteiger partial charge in [-0.25, -0.2) is 0 Å². The zero-order valence-electron chi connectivity index (χ0n) is 12.1. The highest BCUT2D eigenvalue weighted by Gasteiger charge is 2.22. The zero-order valence-corrected chi connectivity index (χ0v) is 12.1. The fraction of sp³-hybridized carbons (Fsp3) is 0.643. The monoisotopic (exact) mass is 274 g/mol. The summed E-state index contributed by atoms with van der Waals surface area (Å²) >= 11 is 0. The molecule has 1 saturated carbocycles. The van der Waals surface area contributed by atoms with Crippen molar-refractivity contribution in [3.63, 3.8) is 0 Å². The molecule has 1 aromatic heterocycles. The molecule has 2 rings (SSSR count). The topological polar surface area (TPSA) is 78.0 Å². The Labute approximate surface area is 119 Å². The van der Waals surface area contributed by atoms with E-state index in [1.807, 2.05) is 31.0 Å². The van der Waals surface area contributed by atoms with Crippen molar-refractivity contribution in [1.29, 1.82) is 5.26 Å². The van der Waals surface area contributed by atoms with Gasteiger partial charge in [0.1, 0.15) is 0 Å². The van der Waals surface area contributed by atoms with E-state index in [2.05, 4.69) is 26.8 Å². The number of anilines is 1. The molecule has 0 saturated heterocycles. The minimum absolute atomic E-state index is 0.229. The van der Waals surface area contributed by atoms with Gasteiger partial charge in [-0.1, -0.05) is 0 Å². The molecule has 108 valence electrons. The quantitative estimate of drug-likeness (QED) is 0.654. The Hall–Kier alpha value is -2.03. The first-order valence-electron chi connectivity index (χ1n) is 7.19. The largest absolute Gasteiger partial charge is 0.359 e. The van der Waals surface area contributed by atoms with Crippen LogP contribution in [0.5, 0.6) is 0 Å². The Morgan fingerprint density at radius 2 is 2.25 bits per heavy atom. The van der Waals surface area contributed by atoms with Gasteiger partial charge in [0.15, 0.2) is 5.96 Å². The van der Waals surface area contributed by atoms with Gasteiger partial charge in [0, 0.05) is 25.7 Å². The molecule has 0 aromatic carbocycles. The molecular weight excluding hydrogens is 252 g/mol. The maximum atomic E-state index is 8.93. The van der Waals surface area contributed by atoms with Crippen LogP contribution in [0.2, 0.25) is 0 Å². The van der Waals surface area contributed by atoms with Crippen LogP contribution in [0.1, 0.15) is 38.6 Å². The number of nitriles is 1. The van der Waals surface area contributed by atoms with Gasteiger partial charge >= 0.3 is 0 Å². The Kier molecular flexibility index (Phi) is 4.99. The van der Waals surface area contributed by atoms with Gasteiger partial charge in [0.25, 0.3) is 0 Å². The lowest BCUT2D eigenvalue weighted by atomic mass is 9.87. The van der Waals surface area contributed by atoms with Crippen LogP contribution in [0.25, 0.3) is 0 Å². The Morgan fingerprint density at radius 1 is 1.50 bits per heavy atom. The molecule has 1 heterocycles. The third-order valence-electron chi connectivity index (χ3n) is 3.67. The van der Waals surface area contributed by atoms with Crippen LogP contribution in [-0.2, 0) is 0 Å². The number of guanidine groups is 1. The summed E-state index contributed by atoms with van der Waals surface area (Å²) in [7, 11) is 1.84. The highest BCUT2D eigenvalue weighted by atomic mass is 15.3. The molecule has 0 unspecified atom stereocenters. The van der Waals surface area contributed by atoms with E-state index < -0.39 is 0 Å². The maximum absolute atomic E-state index is 8.93. The molecule has 1 aromatic rings. The third kappa shape index (κ3) is 3.50. The lowest BCUT2D eigenvalue weighted by molar-refractivity contribution is 0.294. The number of nitrogens with zero attached hydrogens (tertiary/aromatic N) is 4. The summed E-state index contributed by atoms with van der Waals surface area (Å²) in [5.41, 5.74) is 0.939. The van der Waals surface area contributed by atoms with E-state index >= 15 is 0 Å². The molecule has 20 heavy (non-hydrogen) atoms. The molecule has 0 atom stereocenters. The minimum atomic E-state index is 0.229. The number of hydrogen-bond donors (Lipinski definition) is 2. The second kappa shape index (κ2) is 6.94. The summed E-state index contributed by atoms with van der Waals surface area (Å²) in [6, 6.07) is 2.78. The van der Waals surface area contributed by atoms with Gasteiger partial charge in [-0.3, -0.25) is 9.67 Å². The fourth-order valence-corrected chi connectivity index (χ4v) is 2.55. The molecule has 6 nitrogen and oxygen atoms in total. The summed E-state index contributed by atoms with van der Waals surface area (Å²) in [5.74, 6) is 0.979. The molecule has 1 aliphatic rings. The van der Waals surface area contributed by atoms with Gasteiger partial charge in [-0.05, 0) is 32.6 Å². The Morgan fingerprint density at radius 3 is 2.85 bits per heavy atom. The average molecular weight is 274 g/mol. The summed E-state index contributed by atoms with van der Waals surface area (Å²) in [4.78, 5) is 4.30. The molecule has 0 aliphatic heterocycles. The molecule has 0 bridgehead atoms. The molecule has 1 fully saturated rings. The number of rotatable bonds is 3. The summed E-state index contributed by atoms with van der Waals surface area (Å²) in [6.45, 7) is 2.73. The van der Waals surface area contributed by atoms with Gasteiger partial charge in [0.2, 0.25) is 0 Å². The molecule has 2 N–H and O–H groups in total. The molecule has 6 heteroatoms. The van der Waals surface area contributed by atoms with Crippen molar-refractivity contribution < 1.29 is 0 Å². The number of aliphatic imine (C=N–C) groups is 1. The van der Waals surface area contributed by atoms with E-state index in [0.29, 0.717) is 6.04 Å². The first kappa shape index (κ1) is 14.4. The fourth-order valence-electron chi connectivity index (χ4n) is 2.55. The molecular formula is C14H22N6. The standard InChI is InChI=1S/C14H22N6/c1-3-17-14(16-2)19-12-9-18-20(10-12)13-6-4-11(8-15)5-7-13/h9-11,13H,3-7H2,1-2H3,(H2,16,17,19)/t11-,13-. The number of hydrogen-bond acceptors (Lipinski definition) is 3. The van der Waals surface area contributed by atoms with Gasteiger partial charge in [0.05, 0.1) is 24.0 Å². The van der Waals surface area contributed by atoms with Crippen molar-refractivity contribution in [2.24, 2.45) is 10.9 Å². The normalized spacial score (nSPS) is 23.1. The lowest BCUT2D eigenvalue weighted by Gasteiger charge is -2.24. The second-order valence-corrected chi connectivity index (χ2v) is 5.04. The van der Waals surface area contributed by atoms with Crippen LogP contribution in [0.3, 0.4) is 0 Å². The van der Waals surface area contributed by atoms with E-state index in [-0.39, 0.29) is 5.92 Å². The van der Waals surface area contributed by atoms with Crippen LogP contribution >= 0.6 is 0 Å². The van der Waals surface area contributed by atoms with Crippen molar-refractivity contribution in [3.8, 4) is 6.07 Å². The number of nitrogens with one attached hydrogen (secondary N) is 2. The maximum Gasteiger partial charge on any atom is 0.195 e. The van der Waals surface area contributed by atoms with Gasteiger partial charge in [-0.15, -0.1) is 0 Å². The highest BCUT2D eigenvalue weighted by molar-refractivity contribution is 5.93. The first-order chi connectivity index (χ1) is 9.76. The van der Waals surface area contributed by atoms with Gasteiger partial charge in [-0.2, -0.15) is 10.4 Å². The lowest BCUT2D eigenvalue weighted by Crippen LogP contribution is -2.27. The molecule has 1 aliphatic carbocycles. The Bertz CT molecular complexity index is 490.